The molecule has 1 N–H and O–H groups in total. The quantitative estimate of drug-likeness (QED) is 0.524. The van der Waals surface area contributed by atoms with Crippen LogP contribution in [0, 0.1) is 0 Å². The van der Waals surface area contributed by atoms with Crippen molar-refractivity contribution in [2.75, 3.05) is 7.11 Å². The van der Waals surface area contributed by atoms with E-state index in [1.54, 1.807) is 0 Å². The molecule has 1 aliphatic heterocycles. The van der Waals surface area contributed by atoms with E-state index in [-0.39, 0.29) is 0 Å². The van der Waals surface area contributed by atoms with E-state index in [0.29, 0.717) is 12.7 Å². The number of methoxy groups -OCH3 is 1. The summed E-state index contributed by atoms with van der Waals surface area (Å²) in [5.41, 5.74) is 0. The highest BCUT2D eigenvalue weighted by Gasteiger charge is 2.33. The maximum absolute atomic E-state index is 10.1. The zero-order valence-corrected chi connectivity index (χ0v) is 5.69. The molecule has 1 rings (SSSR count). The minimum absolute atomic E-state index is 0.375. The Hall–Kier alpha value is -0.450. The second-order valence-electron chi connectivity index (χ2n) is 2.21. The van der Waals surface area contributed by atoms with Gasteiger partial charge in [-0.3, -0.25) is 0 Å². The first-order valence-electron chi connectivity index (χ1n) is 3.09. The van der Waals surface area contributed by atoms with Crippen LogP contribution in [-0.2, 0) is 14.3 Å². The fourth-order valence-electron chi connectivity index (χ4n) is 0.927. The number of rotatable bonds is 2. The summed E-state index contributed by atoms with van der Waals surface area (Å²) in [6, 6.07) is 0. The Morgan fingerprint density at radius 3 is 2.80 bits per heavy atom. The van der Waals surface area contributed by atoms with Gasteiger partial charge < -0.3 is 19.4 Å². The van der Waals surface area contributed by atoms with Crippen molar-refractivity contribution in [1.82, 2.24) is 0 Å². The number of aldehydes is 1. The Balaban J connectivity index is 2.43. The van der Waals surface area contributed by atoms with Gasteiger partial charge in [-0.2, -0.15) is 0 Å². The molecule has 1 saturated heterocycles. The van der Waals surface area contributed by atoms with Crippen LogP contribution in [0.1, 0.15) is 6.42 Å². The van der Waals surface area contributed by atoms with Crippen LogP contribution < -0.4 is 0 Å². The van der Waals surface area contributed by atoms with E-state index in [1.807, 2.05) is 0 Å². The monoisotopic (exact) mass is 146 g/mol. The molecule has 1 heterocycles. The van der Waals surface area contributed by atoms with Gasteiger partial charge in [0.15, 0.2) is 12.6 Å². The Morgan fingerprint density at radius 1 is 1.80 bits per heavy atom. The summed E-state index contributed by atoms with van der Waals surface area (Å²) in [7, 11) is 1.48. The van der Waals surface area contributed by atoms with Crippen molar-refractivity contribution in [1.29, 1.82) is 0 Å². The second kappa shape index (κ2) is 3.09. The number of hydrogen-bond acceptors (Lipinski definition) is 4. The summed E-state index contributed by atoms with van der Waals surface area (Å²) < 4.78 is 9.70. The Labute approximate surface area is 58.7 Å². The van der Waals surface area contributed by atoms with Crippen molar-refractivity contribution in [2.24, 2.45) is 0 Å². The lowest BCUT2D eigenvalue weighted by Crippen LogP contribution is -2.21. The maximum Gasteiger partial charge on any atom is 0.160 e. The number of carbonyl (C=O) groups excluding carboxylic acids is 1. The summed E-state index contributed by atoms with van der Waals surface area (Å²) in [6.45, 7) is 0. The van der Waals surface area contributed by atoms with Gasteiger partial charge in [-0.1, -0.05) is 0 Å². The second-order valence-corrected chi connectivity index (χ2v) is 2.21. The van der Waals surface area contributed by atoms with E-state index < -0.39 is 18.5 Å². The number of hydrogen-bond donors (Lipinski definition) is 1. The lowest BCUT2D eigenvalue weighted by atomic mass is 10.2. The standard InChI is InChI=1S/C6H10O4/c1-9-6-2-4(8)5(3-7)10-6/h3-6,8H,2H2,1H3. The van der Waals surface area contributed by atoms with Crippen molar-refractivity contribution in [3.8, 4) is 0 Å². The van der Waals surface area contributed by atoms with Crippen LogP contribution in [0.5, 0.6) is 0 Å². The molecule has 58 valence electrons. The fourth-order valence-corrected chi connectivity index (χ4v) is 0.927. The molecule has 0 amide bonds. The third-order valence-electron chi connectivity index (χ3n) is 1.52. The highest BCUT2D eigenvalue weighted by molar-refractivity contribution is 5.57. The highest BCUT2D eigenvalue weighted by Crippen LogP contribution is 2.18. The molecule has 3 unspecified atom stereocenters. The minimum Gasteiger partial charge on any atom is -0.390 e. The molecule has 3 atom stereocenters. The first-order valence-corrected chi connectivity index (χ1v) is 3.09. The largest absolute Gasteiger partial charge is 0.390 e. The molecule has 0 bridgehead atoms. The highest BCUT2D eigenvalue weighted by atomic mass is 16.7. The van der Waals surface area contributed by atoms with Crippen LogP contribution in [0.15, 0.2) is 0 Å². The predicted molar refractivity (Wildman–Crippen MR) is 32.4 cm³/mol. The number of aliphatic hydroxyl groups is 1. The molecule has 1 fully saturated rings. The van der Waals surface area contributed by atoms with Gasteiger partial charge >= 0.3 is 0 Å². The van der Waals surface area contributed by atoms with Gasteiger partial charge in [0, 0.05) is 13.5 Å². The van der Waals surface area contributed by atoms with Gasteiger partial charge in [-0.25, -0.2) is 0 Å². The average Bonchev–Trinajstić information content (AvgIpc) is 2.30. The van der Waals surface area contributed by atoms with Gasteiger partial charge in [-0.15, -0.1) is 0 Å². The van der Waals surface area contributed by atoms with Crippen molar-refractivity contribution >= 4 is 6.29 Å². The smallest absolute Gasteiger partial charge is 0.160 e. The number of ether oxygens (including phenoxy) is 2. The van der Waals surface area contributed by atoms with Gasteiger partial charge in [0.1, 0.15) is 6.10 Å². The first-order chi connectivity index (χ1) is 4.77. The van der Waals surface area contributed by atoms with Crippen molar-refractivity contribution in [3.05, 3.63) is 0 Å². The van der Waals surface area contributed by atoms with Crippen LogP contribution in [0.2, 0.25) is 0 Å². The summed E-state index contributed by atoms with van der Waals surface area (Å²) >= 11 is 0. The molecular formula is C6H10O4. The molecule has 4 nitrogen and oxygen atoms in total. The molecule has 0 aliphatic carbocycles. The molecule has 0 aromatic rings. The molecule has 0 aromatic heterocycles. The van der Waals surface area contributed by atoms with Gasteiger partial charge in [-0.05, 0) is 0 Å². The molecule has 4 heteroatoms. The third-order valence-corrected chi connectivity index (χ3v) is 1.52. The normalized spacial score (nSPS) is 40.0. The van der Waals surface area contributed by atoms with Gasteiger partial charge in [0.05, 0.1) is 6.10 Å². The predicted octanol–water partition coefficient (Wildman–Crippen LogP) is -0.692. The van der Waals surface area contributed by atoms with E-state index in [1.165, 1.54) is 7.11 Å². The summed E-state index contributed by atoms with van der Waals surface area (Å²) in [5.74, 6) is 0. The third kappa shape index (κ3) is 1.34. The van der Waals surface area contributed by atoms with Crippen LogP contribution in [-0.4, -0.2) is 37.0 Å². The molecule has 0 saturated carbocycles. The van der Waals surface area contributed by atoms with Crippen molar-refractivity contribution < 1.29 is 19.4 Å². The average molecular weight is 146 g/mol. The zero-order chi connectivity index (χ0) is 7.56. The summed E-state index contributed by atoms with van der Waals surface area (Å²) in [6.07, 6.45) is -0.874. The van der Waals surface area contributed by atoms with E-state index >= 15 is 0 Å². The first kappa shape index (κ1) is 7.65. The number of aliphatic hydroxyl groups excluding tert-OH is 1. The lowest BCUT2D eigenvalue weighted by molar-refractivity contribution is -0.138. The molecule has 0 spiro atoms. The van der Waals surface area contributed by atoms with Crippen LogP contribution in [0.25, 0.3) is 0 Å². The minimum atomic E-state index is -0.706. The lowest BCUT2D eigenvalue weighted by Gasteiger charge is -2.05. The van der Waals surface area contributed by atoms with Gasteiger partial charge in [0.2, 0.25) is 0 Å². The van der Waals surface area contributed by atoms with E-state index in [2.05, 4.69) is 0 Å². The molecule has 10 heavy (non-hydrogen) atoms. The molecular weight excluding hydrogens is 136 g/mol. The SMILES string of the molecule is COC1CC(O)C(C=O)O1. The maximum atomic E-state index is 10.1. The Bertz CT molecular complexity index is 125. The van der Waals surface area contributed by atoms with E-state index in [0.717, 1.165) is 0 Å². The Kier molecular flexibility index (Phi) is 2.37. The topological polar surface area (TPSA) is 55.8 Å². The molecule has 0 radical (unpaired) electrons. The number of carbonyl (C=O) groups is 1. The zero-order valence-electron chi connectivity index (χ0n) is 5.69. The van der Waals surface area contributed by atoms with Crippen molar-refractivity contribution in [2.45, 2.75) is 24.9 Å². The van der Waals surface area contributed by atoms with Crippen LogP contribution >= 0.6 is 0 Å². The van der Waals surface area contributed by atoms with E-state index in [4.69, 9.17) is 14.6 Å². The van der Waals surface area contributed by atoms with Gasteiger partial charge in [0.25, 0.3) is 0 Å². The Morgan fingerprint density at radius 2 is 2.50 bits per heavy atom. The summed E-state index contributed by atoms with van der Waals surface area (Å²) in [4.78, 5) is 10.1. The molecule has 1 aliphatic rings. The van der Waals surface area contributed by atoms with Crippen LogP contribution in [0.3, 0.4) is 0 Å². The molecule has 0 aromatic carbocycles. The van der Waals surface area contributed by atoms with Crippen LogP contribution in [0.4, 0.5) is 0 Å². The van der Waals surface area contributed by atoms with Crippen molar-refractivity contribution in [3.63, 3.8) is 0 Å². The van der Waals surface area contributed by atoms with E-state index in [9.17, 15) is 4.79 Å². The summed E-state index contributed by atoms with van der Waals surface area (Å²) in [5, 5.41) is 9.05. The fraction of sp³-hybridized carbons (Fsp3) is 0.833.